The molecule has 0 aliphatic carbocycles. The Balaban J connectivity index is 1.35. The minimum Gasteiger partial charge on any atom is -0.454 e. The van der Waals surface area contributed by atoms with Gasteiger partial charge in [-0.15, -0.1) is 10.2 Å². The lowest BCUT2D eigenvalue weighted by molar-refractivity contribution is -0.118. The number of sulfonamides is 1. The van der Waals surface area contributed by atoms with E-state index in [0.29, 0.717) is 34.7 Å². The summed E-state index contributed by atoms with van der Waals surface area (Å²) in [7, 11) is -1.97. The SMILES string of the molecule is Cn1c(CN(c2ccc(F)cc2)S(C)(=O)=O)nnc1SCC(=O)NCc1ccc2c(c1)OCO2. The topological polar surface area (TPSA) is 116 Å². The van der Waals surface area contributed by atoms with E-state index >= 15 is 0 Å². The Labute approximate surface area is 200 Å². The van der Waals surface area contributed by atoms with E-state index < -0.39 is 15.8 Å². The number of aromatic nitrogens is 3. The molecule has 1 amide bonds. The Bertz CT molecular complexity index is 1300. The van der Waals surface area contributed by atoms with E-state index in [1.807, 2.05) is 12.1 Å². The molecule has 1 aliphatic rings. The van der Waals surface area contributed by atoms with Crippen molar-refractivity contribution < 1.29 is 27.1 Å². The van der Waals surface area contributed by atoms with Crippen molar-refractivity contribution >= 4 is 33.4 Å². The highest BCUT2D eigenvalue weighted by molar-refractivity contribution is 7.99. The molecular formula is C21H22FN5O5S2. The van der Waals surface area contributed by atoms with Crippen molar-refractivity contribution in [3.05, 3.63) is 59.7 Å². The minimum atomic E-state index is -3.66. The van der Waals surface area contributed by atoms with Crippen LogP contribution < -0.4 is 19.1 Å². The summed E-state index contributed by atoms with van der Waals surface area (Å²) in [6.07, 6.45) is 1.06. The number of fused-ring (bicyclic) bond motifs is 1. The lowest BCUT2D eigenvalue weighted by atomic mass is 10.2. The predicted molar refractivity (Wildman–Crippen MR) is 124 cm³/mol. The van der Waals surface area contributed by atoms with Gasteiger partial charge in [0.15, 0.2) is 22.5 Å². The molecule has 0 radical (unpaired) electrons. The van der Waals surface area contributed by atoms with Gasteiger partial charge in [-0.25, -0.2) is 12.8 Å². The number of carbonyl (C=O) groups excluding carboxylic acids is 1. The van der Waals surface area contributed by atoms with Crippen molar-refractivity contribution in [1.29, 1.82) is 0 Å². The number of hydrogen-bond donors (Lipinski definition) is 1. The van der Waals surface area contributed by atoms with E-state index in [4.69, 9.17) is 9.47 Å². The molecule has 1 aromatic heterocycles. The average molecular weight is 508 g/mol. The Morgan fingerprint density at radius 2 is 1.91 bits per heavy atom. The first kappa shape index (κ1) is 23.8. The van der Waals surface area contributed by atoms with Gasteiger partial charge in [-0.2, -0.15) is 0 Å². The van der Waals surface area contributed by atoms with Crippen LogP contribution >= 0.6 is 11.8 Å². The molecule has 10 nitrogen and oxygen atoms in total. The third-order valence-corrected chi connectivity index (χ3v) is 7.14. The minimum absolute atomic E-state index is 0.0924. The molecule has 180 valence electrons. The summed E-state index contributed by atoms with van der Waals surface area (Å²) in [5, 5.41) is 11.4. The fraction of sp³-hybridized carbons (Fsp3) is 0.286. The predicted octanol–water partition coefficient (Wildman–Crippen LogP) is 2.06. The first-order valence-corrected chi connectivity index (χ1v) is 12.9. The van der Waals surface area contributed by atoms with E-state index in [2.05, 4.69) is 15.5 Å². The van der Waals surface area contributed by atoms with Gasteiger partial charge in [0, 0.05) is 13.6 Å². The summed E-state index contributed by atoms with van der Waals surface area (Å²) in [5.74, 6) is 1.14. The van der Waals surface area contributed by atoms with Gasteiger partial charge in [-0.1, -0.05) is 17.8 Å². The van der Waals surface area contributed by atoms with E-state index in [1.165, 1.54) is 36.0 Å². The summed E-state index contributed by atoms with van der Waals surface area (Å²) in [5.41, 5.74) is 1.19. The first-order chi connectivity index (χ1) is 16.2. The van der Waals surface area contributed by atoms with Crippen LogP contribution in [0.5, 0.6) is 11.5 Å². The summed E-state index contributed by atoms with van der Waals surface area (Å²) >= 11 is 1.18. The van der Waals surface area contributed by atoms with Crippen LogP contribution in [-0.2, 0) is 35.0 Å². The highest BCUT2D eigenvalue weighted by Crippen LogP contribution is 2.32. The number of amides is 1. The maximum Gasteiger partial charge on any atom is 0.232 e. The normalized spacial score (nSPS) is 12.6. The Kier molecular flexibility index (Phi) is 6.93. The van der Waals surface area contributed by atoms with Crippen LogP contribution in [0, 0.1) is 5.82 Å². The standard InChI is InChI=1S/C21H22FN5O5S2/c1-26-19(11-27(34(2,29)30)16-6-4-15(22)5-7-16)24-25-21(26)33-12-20(28)23-10-14-3-8-17-18(9-14)32-13-31-17/h3-9H,10-13H2,1-2H3,(H,23,28). The van der Waals surface area contributed by atoms with Gasteiger partial charge in [0.2, 0.25) is 22.7 Å². The first-order valence-electron chi connectivity index (χ1n) is 10.1. The molecule has 13 heteroatoms. The highest BCUT2D eigenvalue weighted by Gasteiger charge is 2.22. The molecule has 0 spiro atoms. The van der Waals surface area contributed by atoms with Crippen LogP contribution in [-0.4, -0.2) is 47.9 Å². The van der Waals surface area contributed by atoms with Crippen molar-refractivity contribution in [3.8, 4) is 11.5 Å². The van der Waals surface area contributed by atoms with Gasteiger partial charge in [-0.05, 0) is 42.0 Å². The Morgan fingerprint density at radius 3 is 2.65 bits per heavy atom. The van der Waals surface area contributed by atoms with E-state index in [1.54, 1.807) is 17.7 Å². The van der Waals surface area contributed by atoms with Gasteiger partial charge < -0.3 is 19.4 Å². The van der Waals surface area contributed by atoms with Crippen molar-refractivity contribution in [1.82, 2.24) is 20.1 Å². The number of ether oxygens (including phenoxy) is 2. The van der Waals surface area contributed by atoms with Crippen LogP contribution in [0.3, 0.4) is 0 Å². The van der Waals surface area contributed by atoms with Crippen LogP contribution in [0.25, 0.3) is 0 Å². The monoisotopic (exact) mass is 507 g/mol. The van der Waals surface area contributed by atoms with Crippen molar-refractivity contribution in [2.24, 2.45) is 7.05 Å². The molecule has 0 saturated heterocycles. The maximum atomic E-state index is 13.3. The van der Waals surface area contributed by atoms with Gasteiger partial charge in [0.1, 0.15) is 5.82 Å². The van der Waals surface area contributed by atoms with Gasteiger partial charge in [0.05, 0.1) is 24.2 Å². The van der Waals surface area contributed by atoms with Crippen molar-refractivity contribution in [3.63, 3.8) is 0 Å². The summed E-state index contributed by atoms with van der Waals surface area (Å²) in [6.45, 7) is 0.430. The molecule has 34 heavy (non-hydrogen) atoms. The molecule has 0 saturated carbocycles. The fourth-order valence-electron chi connectivity index (χ4n) is 3.18. The number of anilines is 1. The second kappa shape index (κ2) is 9.89. The zero-order valence-electron chi connectivity index (χ0n) is 18.4. The molecule has 1 N–H and O–H groups in total. The molecule has 0 atom stereocenters. The van der Waals surface area contributed by atoms with Gasteiger partial charge in [-0.3, -0.25) is 9.10 Å². The number of hydrogen-bond acceptors (Lipinski definition) is 8. The molecule has 0 bridgehead atoms. The Hall–Kier alpha value is -3.32. The molecule has 0 fully saturated rings. The lowest BCUT2D eigenvalue weighted by Gasteiger charge is -2.21. The van der Waals surface area contributed by atoms with Gasteiger partial charge in [0.25, 0.3) is 0 Å². The smallest absolute Gasteiger partial charge is 0.232 e. The molecular weight excluding hydrogens is 485 g/mol. The number of halogens is 1. The molecule has 4 rings (SSSR count). The van der Waals surface area contributed by atoms with Crippen molar-refractivity contribution in [2.45, 2.75) is 18.2 Å². The molecule has 2 aromatic carbocycles. The molecule has 1 aliphatic heterocycles. The number of benzene rings is 2. The number of carbonyl (C=O) groups is 1. The largest absolute Gasteiger partial charge is 0.454 e. The Morgan fingerprint density at radius 1 is 1.18 bits per heavy atom. The number of thioether (sulfide) groups is 1. The lowest BCUT2D eigenvalue weighted by Crippen LogP contribution is -2.30. The summed E-state index contributed by atoms with van der Waals surface area (Å²) < 4.78 is 51.2. The number of nitrogens with one attached hydrogen (secondary N) is 1. The third-order valence-electron chi connectivity index (χ3n) is 4.98. The summed E-state index contributed by atoms with van der Waals surface area (Å²) in [6, 6.07) is 10.6. The van der Waals surface area contributed by atoms with Gasteiger partial charge >= 0.3 is 0 Å². The fourth-order valence-corrected chi connectivity index (χ4v) is 4.79. The second-order valence-electron chi connectivity index (χ2n) is 7.46. The molecule has 2 heterocycles. The zero-order chi connectivity index (χ0) is 24.3. The third kappa shape index (κ3) is 5.59. The summed E-state index contributed by atoms with van der Waals surface area (Å²) in [4.78, 5) is 12.3. The van der Waals surface area contributed by atoms with Crippen LogP contribution in [0.15, 0.2) is 47.6 Å². The highest BCUT2D eigenvalue weighted by atomic mass is 32.2. The van der Waals surface area contributed by atoms with Crippen molar-refractivity contribution in [2.75, 3.05) is 23.1 Å². The average Bonchev–Trinajstić information content (AvgIpc) is 3.40. The van der Waals surface area contributed by atoms with Crippen LogP contribution in [0.2, 0.25) is 0 Å². The van der Waals surface area contributed by atoms with E-state index in [-0.39, 0.29) is 25.0 Å². The maximum absolute atomic E-state index is 13.3. The van der Waals surface area contributed by atoms with E-state index in [9.17, 15) is 17.6 Å². The van der Waals surface area contributed by atoms with Crippen LogP contribution in [0.4, 0.5) is 10.1 Å². The number of nitrogens with zero attached hydrogens (tertiary/aromatic N) is 4. The number of rotatable bonds is 9. The quantitative estimate of drug-likeness (QED) is 0.438. The second-order valence-corrected chi connectivity index (χ2v) is 10.3. The zero-order valence-corrected chi connectivity index (χ0v) is 20.0. The van der Waals surface area contributed by atoms with E-state index in [0.717, 1.165) is 16.1 Å². The molecule has 3 aromatic rings. The molecule has 0 unspecified atom stereocenters. The van der Waals surface area contributed by atoms with Crippen LogP contribution in [0.1, 0.15) is 11.4 Å².